The van der Waals surface area contributed by atoms with Crippen LogP contribution >= 0.6 is 0 Å². The third-order valence-corrected chi connectivity index (χ3v) is 4.86. The molecule has 1 aromatic rings. The van der Waals surface area contributed by atoms with Crippen LogP contribution in [0.3, 0.4) is 0 Å². The largest absolute Gasteiger partial charge is 0.445 e. The lowest BCUT2D eigenvalue weighted by atomic mass is 10.2. The third-order valence-electron chi connectivity index (χ3n) is 3.30. The number of nitrogens with one attached hydrogen (secondary N) is 1. The van der Waals surface area contributed by atoms with Gasteiger partial charge < -0.3 is 9.64 Å². The number of benzene rings is 1. The van der Waals surface area contributed by atoms with Crippen molar-refractivity contribution in [2.45, 2.75) is 6.61 Å². The molecule has 0 bridgehead atoms. The van der Waals surface area contributed by atoms with Gasteiger partial charge >= 0.3 is 6.09 Å². The predicted molar refractivity (Wildman–Crippen MR) is 77.8 cm³/mol. The van der Waals surface area contributed by atoms with E-state index in [0.717, 1.165) is 5.56 Å². The molecule has 0 unspecified atom stereocenters. The third kappa shape index (κ3) is 4.16. The summed E-state index contributed by atoms with van der Waals surface area (Å²) in [7, 11) is -2.05. The first-order valence-corrected chi connectivity index (χ1v) is 8.11. The Balaban J connectivity index is 1.81. The molecule has 2 rings (SSSR count). The van der Waals surface area contributed by atoms with E-state index in [4.69, 9.17) is 4.74 Å². The van der Waals surface area contributed by atoms with Crippen molar-refractivity contribution < 1.29 is 17.9 Å². The average Bonchev–Trinajstić information content (AvgIpc) is 2.53. The number of rotatable bonds is 4. The van der Waals surface area contributed by atoms with Crippen molar-refractivity contribution in [3.05, 3.63) is 35.9 Å². The van der Waals surface area contributed by atoms with Crippen LogP contribution in [-0.4, -0.2) is 56.9 Å². The van der Waals surface area contributed by atoms with Gasteiger partial charge in [-0.2, -0.15) is 12.7 Å². The molecule has 116 valence electrons. The summed E-state index contributed by atoms with van der Waals surface area (Å²) < 4.78 is 32.0. The number of piperazine rings is 1. The molecular weight excluding hydrogens is 294 g/mol. The number of hydrogen-bond donors (Lipinski definition) is 1. The van der Waals surface area contributed by atoms with Gasteiger partial charge in [-0.3, -0.25) is 0 Å². The maximum absolute atomic E-state index is 11.9. The fourth-order valence-electron chi connectivity index (χ4n) is 2.05. The second-order valence-corrected chi connectivity index (χ2v) is 6.51. The van der Waals surface area contributed by atoms with Crippen LogP contribution in [0, 0.1) is 0 Å². The molecule has 1 aliphatic heterocycles. The summed E-state index contributed by atoms with van der Waals surface area (Å²) in [6, 6.07) is 9.41. The molecule has 21 heavy (non-hydrogen) atoms. The van der Waals surface area contributed by atoms with E-state index in [0.29, 0.717) is 13.1 Å². The minimum Gasteiger partial charge on any atom is -0.445 e. The highest BCUT2D eigenvalue weighted by molar-refractivity contribution is 7.87. The molecule has 1 amide bonds. The number of carbonyl (C=O) groups excluding carboxylic acids is 1. The molecule has 1 heterocycles. The second kappa shape index (κ2) is 6.88. The minimum absolute atomic E-state index is 0.217. The van der Waals surface area contributed by atoms with Crippen molar-refractivity contribution in [3.8, 4) is 0 Å². The molecule has 0 aromatic heterocycles. The van der Waals surface area contributed by atoms with Gasteiger partial charge in [-0.25, -0.2) is 9.52 Å². The summed E-state index contributed by atoms with van der Waals surface area (Å²) >= 11 is 0. The minimum atomic E-state index is -3.42. The predicted octanol–water partition coefficient (Wildman–Crippen LogP) is 0.405. The standard InChI is InChI=1S/C13H19N3O4S/c1-14-21(18,19)16-9-7-15(8-10-16)13(17)20-11-12-5-3-2-4-6-12/h2-6,14H,7-11H2,1H3. The molecule has 0 radical (unpaired) electrons. The quantitative estimate of drug-likeness (QED) is 0.873. The van der Waals surface area contributed by atoms with Crippen LogP contribution in [0.5, 0.6) is 0 Å². The summed E-state index contributed by atoms with van der Waals surface area (Å²) in [6.07, 6.45) is -0.416. The number of ether oxygens (including phenoxy) is 1. The molecule has 1 aromatic carbocycles. The Morgan fingerprint density at radius 3 is 2.38 bits per heavy atom. The van der Waals surface area contributed by atoms with Gasteiger partial charge in [-0.05, 0) is 5.56 Å². The highest BCUT2D eigenvalue weighted by atomic mass is 32.2. The van der Waals surface area contributed by atoms with Crippen LogP contribution in [0.25, 0.3) is 0 Å². The molecule has 0 spiro atoms. The van der Waals surface area contributed by atoms with Crippen molar-refractivity contribution in [2.24, 2.45) is 0 Å². The summed E-state index contributed by atoms with van der Waals surface area (Å²) in [5.41, 5.74) is 0.919. The van der Waals surface area contributed by atoms with E-state index in [1.807, 2.05) is 30.3 Å². The normalized spacial score (nSPS) is 16.7. The Morgan fingerprint density at radius 2 is 1.81 bits per heavy atom. The van der Waals surface area contributed by atoms with Crippen LogP contribution in [0.1, 0.15) is 5.56 Å². The Bertz CT molecular complexity index is 568. The molecule has 0 aliphatic carbocycles. The summed E-state index contributed by atoms with van der Waals surface area (Å²) in [5.74, 6) is 0. The van der Waals surface area contributed by atoms with Crippen molar-refractivity contribution in [2.75, 3.05) is 33.2 Å². The van der Waals surface area contributed by atoms with E-state index in [2.05, 4.69) is 4.72 Å². The van der Waals surface area contributed by atoms with Gasteiger partial charge in [0, 0.05) is 33.2 Å². The Morgan fingerprint density at radius 1 is 1.19 bits per heavy atom. The molecule has 8 heteroatoms. The fraction of sp³-hybridized carbons (Fsp3) is 0.462. The van der Waals surface area contributed by atoms with E-state index in [9.17, 15) is 13.2 Å². The second-order valence-electron chi connectivity index (χ2n) is 4.64. The van der Waals surface area contributed by atoms with Gasteiger partial charge in [-0.1, -0.05) is 30.3 Å². The monoisotopic (exact) mass is 313 g/mol. The maximum atomic E-state index is 11.9. The molecule has 7 nitrogen and oxygen atoms in total. The molecule has 1 N–H and O–H groups in total. The Hall–Kier alpha value is -1.64. The van der Waals surface area contributed by atoms with Gasteiger partial charge in [0.2, 0.25) is 0 Å². The summed E-state index contributed by atoms with van der Waals surface area (Å²) in [4.78, 5) is 13.4. The molecule has 0 atom stereocenters. The lowest BCUT2D eigenvalue weighted by Crippen LogP contribution is -2.52. The van der Waals surface area contributed by atoms with Crippen LogP contribution < -0.4 is 4.72 Å². The van der Waals surface area contributed by atoms with Crippen molar-refractivity contribution >= 4 is 16.3 Å². The van der Waals surface area contributed by atoms with Crippen LogP contribution in [0.4, 0.5) is 4.79 Å². The van der Waals surface area contributed by atoms with Crippen LogP contribution in [-0.2, 0) is 21.6 Å². The van der Waals surface area contributed by atoms with Gasteiger partial charge in [0.1, 0.15) is 6.61 Å². The number of nitrogens with zero attached hydrogens (tertiary/aromatic N) is 2. The Labute approximate surface area is 124 Å². The Kier molecular flexibility index (Phi) is 5.16. The van der Waals surface area contributed by atoms with E-state index in [-0.39, 0.29) is 19.7 Å². The van der Waals surface area contributed by atoms with Gasteiger partial charge in [0.05, 0.1) is 0 Å². The highest BCUT2D eigenvalue weighted by Crippen LogP contribution is 2.08. The van der Waals surface area contributed by atoms with E-state index >= 15 is 0 Å². The average molecular weight is 313 g/mol. The SMILES string of the molecule is CNS(=O)(=O)N1CCN(C(=O)OCc2ccccc2)CC1. The zero-order valence-electron chi connectivity index (χ0n) is 11.9. The fourth-order valence-corrected chi connectivity index (χ4v) is 2.95. The topological polar surface area (TPSA) is 79.0 Å². The molecule has 0 saturated carbocycles. The number of hydrogen-bond acceptors (Lipinski definition) is 4. The first kappa shape index (κ1) is 15.7. The maximum Gasteiger partial charge on any atom is 0.410 e. The number of amides is 1. The smallest absolute Gasteiger partial charge is 0.410 e. The highest BCUT2D eigenvalue weighted by Gasteiger charge is 2.28. The lowest BCUT2D eigenvalue weighted by Gasteiger charge is -2.32. The molecule has 1 saturated heterocycles. The van der Waals surface area contributed by atoms with Gasteiger partial charge in [0.15, 0.2) is 0 Å². The first-order valence-electron chi connectivity index (χ1n) is 6.67. The zero-order chi connectivity index (χ0) is 15.3. The summed E-state index contributed by atoms with van der Waals surface area (Å²) in [6.45, 7) is 1.41. The van der Waals surface area contributed by atoms with Gasteiger partial charge in [-0.15, -0.1) is 0 Å². The summed E-state index contributed by atoms with van der Waals surface area (Å²) in [5, 5.41) is 0. The van der Waals surface area contributed by atoms with E-state index in [1.54, 1.807) is 0 Å². The van der Waals surface area contributed by atoms with E-state index < -0.39 is 16.3 Å². The van der Waals surface area contributed by atoms with E-state index in [1.165, 1.54) is 16.3 Å². The lowest BCUT2D eigenvalue weighted by molar-refractivity contribution is 0.0837. The number of carbonyl (C=O) groups is 1. The van der Waals surface area contributed by atoms with Crippen molar-refractivity contribution in [1.82, 2.24) is 13.9 Å². The first-order chi connectivity index (χ1) is 10.0. The molecule has 1 aliphatic rings. The zero-order valence-corrected chi connectivity index (χ0v) is 12.7. The molecule has 1 fully saturated rings. The van der Waals surface area contributed by atoms with Gasteiger partial charge in [0.25, 0.3) is 10.2 Å². The van der Waals surface area contributed by atoms with Crippen LogP contribution in [0.15, 0.2) is 30.3 Å². The molecular formula is C13H19N3O4S. The van der Waals surface area contributed by atoms with Crippen molar-refractivity contribution in [1.29, 1.82) is 0 Å². The van der Waals surface area contributed by atoms with Crippen LogP contribution in [0.2, 0.25) is 0 Å². The van der Waals surface area contributed by atoms with Crippen molar-refractivity contribution in [3.63, 3.8) is 0 Å².